The van der Waals surface area contributed by atoms with E-state index >= 15 is 0 Å². The van der Waals surface area contributed by atoms with Crippen molar-refractivity contribution in [2.24, 2.45) is 17.8 Å². The maximum absolute atomic E-state index is 4.26. The molecule has 1 saturated heterocycles. The Labute approximate surface area is 108 Å². The van der Waals surface area contributed by atoms with E-state index in [1.165, 1.54) is 17.8 Å². The molecule has 0 aromatic rings. The lowest BCUT2D eigenvalue weighted by Crippen LogP contribution is -2.29. The van der Waals surface area contributed by atoms with Gasteiger partial charge in [0, 0.05) is 17.4 Å². The fourth-order valence-corrected chi connectivity index (χ4v) is 2.99. The lowest BCUT2D eigenvalue weighted by molar-refractivity contribution is 0.272. The molecule has 0 N–H and O–H groups in total. The Kier molecular flexibility index (Phi) is 4.85. The van der Waals surface area contributed by atoms with Crippen LogP contribution in [0.15, 0.2) is 24.0 Å². The molecule has 1 nitrogen and oxygen atoms in total. The number of nitrogens with zero attached hydrogens (tertiary/aromatic N) is 1. The smallest absolute Gasteiger partial charge is 0.0341 e. The molecule has 0 amide bonds. The molecular weight excluding hydrogens is 206 g/mol. The van der Waals surface area contributed by atoms with Gasteiger partial charge in [-0.25, -0.2) is 0 Å². The molecule has 1 aliphatic heterocycles. The summed E-state index contributed by atoms with van der Waals surface area (Å²) in [5.74, 6) is 2.15. The molecule has 98 valence electrons. The molecule has 1 heteroatoms. The van der Waals surface area contributed by atoms with Crippen LogP contribution in [0.3, 0.4) is 0 Å². The van der Waals surface area contributed by atoms with Gasteiger partial charge >= 0.3 is 0 Å². The highest BCUT2D eigenvalue weighted by Crippen LogP contribution is 2.38. The number of hydrogen-bond donors (Lipinski definition) is 0. The van der Waals surface area contributed by atoms with Crippen LogP contribution in [0, 0.1) is 17.8 Å². The maximum Gasteiger partial charge on any atom is 0.0341 e. The zero-order valence-corrected chi connectivity index (χ0v) is 12.5. The summed E-state index contributed by atoms with van der Waals surface area (Å²) in [4.78, 5) is 2.46. The van der Waals surface area contributed by atoms with E-state index in [1.54, 1.807) is 0 Å². The van der Waals surface area contributed by atoms with Crippen molar-refractivity contribution in [2.75, 3.05) is 0 Å². The van der Waals surface area contributed by atoms with E-state index in [0.29, 0.717) is 12.0 Å². The van der Waals surface area contributed by atoms with Crippen LogP contribution in [0.2, 0.25) is 0 Å². The molecule has 1 heterocycles. The topological polar surface area (TPSA) is 3.24 Å². The Balaban J connectivity index is 2.84. The van der Waals surface area contributed by atoms with Crippen molar-refractivity contribution in [2.45, 2.75) is 60.4 Å². The Bertz CT molecular complexity index is 301. The van der Waals surface area contributed by atoms with Crippen molar-refractivity contribution in [1.82, 2.24) is 4.90 Å². The van der Waals surface area contributed by atoms with Gasteiger partial charge in [0.25, 0.3) is 0 Å². The van der Waals surface area contributed by atoms with E-state index in [1.807, 2.05) is 0 Å². The molecule has 0 aromatic carbocycles. The van der Waals surface area contributed by atoms with Crippen LogP contribution >= 0.6 is 0 Å². The van der Waals surface area contributed by atoms with Gasteiger partial charge in [-0.15, -0.1) is 0 Å². The maximum atomic E-state index is 4.26. The molecule has 0 saturated carbocycles. The summed E-state index contributed by atoms with van der Waals surface area (Å²) in [7, 11) is 0. The fraction of sp³-hybridized carbons (Fsp3) is 0.750. The normalized spacial score (nSPS) is 28.1. The Morgan fingerprint density at radius 3 is 2.47 bits per heavy atom. The van der Waals surface area contributed by atoms with Gasteiger partial charge in [0.05, 0.1) is 0 Å². The van der Waals surface area contributed by atoms with Gasteiger partial charge in [-0.2, -0.15) is 0 Å². The molecule has 17 heavy (non-hydrogen) atoms. The highest BCUT2D eigenvalue weighted by atomic mass is 15.2. The minimum Gasteiger partial charge on any atom is -0.347 e. The molecule has 0 spiro atoms. The molecule has 3 unspecified atom stereocenters. The minimum atomic E-state index is 0.600. The molecule has 0 aromatic heterocycles. The van der Waals surface area contributed by atoms with Crippen LogP contribution in [-0.4, -0.2) is 10.9 Å². The van der Waals surface area contributed by atoms with Gasteiger partial charge in [-0.05, 0) is 38.0 Å². The van der Waals surface area contributed by atoms with Crippen molar-refractivity contribution < 1.29 is 0 Å². The van der Waals surface area contributed by atoms with E-state index in [4.69, 9.17) is 0 Å². The average Bonchev–Trinajstić information content (AvgIpc) is 2.54. The van der Waals surface area contributed by atoms with Crippen molar-refractivity contribution in [3.63, 3.8) is 0 Å². The van der Waals surface area contributed by atoms with E-state index in [0.717, 1.165) is 18.3 Å². The summed E-state index contributed by atoms with van der Waals surface area (Å²) >= 11 is 0. The van der Waals surface area contributed by atoms with E-state index in [2.05, 4.69) is 59.1 Å². The lowest BCUT2D eigenvalue weighted by Gasteiger charge is -2.29. The zero-order chi connectivity index (χ0) is 13.2. The van der Waals surface area contributed by atoms with Crippen molar-refractivity contribution in [1.29, 1.82) is 0 Å². The van der Waals surface area contributed by atoms with Gasteiger partial charge in [0.15, 0.2) is 0 Å². The van der Waals surface area contributed by atoms with Crippen LogP contribution in [0.5, 0.6) is 0 Å². The van der Waals surface area contributed by atoms with Crippen LogP contribution in [0.4, 0.5) is 0 Å². The van der Waals surface area contributed by atoms with E-state index in [-0.39, 0.29) is 0 Å². The Hall–Kier alpha value is -0.720. The van der Waals surface area contributed by atoms with Crippen molar-refractivity contribution in [3.8, 4) is 0 Å². The number of likely N-dealkylation sites (tertiary alicyclic amines) is 1. The molecule has 0 radical (unpaired) electrons. The highest BCUT2D eigenvalue weighted by molar-refractivity contribution is 5.17. The second-order valence-electron chi connectivity index (χ2n) is 5.98. The molecule has 1 aliphatic rings. The van der Waals surface area contributed by atoms with Gasteiger partial charge in [-0.1, -0.05) is 46.8 Å². The van der Waals surface area contributed by atoms with E-state index in [9.17, 15) is 0 Å². The monoisotopic (exact) mass is 235 g/mol. The first-order valence-corrected chi connectivity index (χ1v) is 7.03. The predicted molar refractivity (Wildman–Crippen MR) is 76.6 cm³/mol. The summed E-state index contributed by atoms with van der Waals surface area (Å²) in [6.45, 7) is 18.0. The third-order valence-corrected chi connectivity index (χ3v) is 4.24. The largest absolute Gasteiger partial charge is 0.347 e. The summed E-state index contributed by atoms with van der Waals surface area (Å²) in [5.41, 5.74) is 2.69. The van der Waals surface area contributed by atoms with E-state index < -0.39 is 0 Å². The standard InChI is InChI=1S/C16H29N/c1-8-12(4)9-13(5)17-14(6)10-16(11(2)3)15(17)7/h9,11-12,15-16H,6,8,10H2,1-5,7H3/b13-9+. The van der Waals surface area contributed by atoms with Crippen LogP contribution in [-0.2, 0) is 0 Å². The van der Waals surface area contributed by atoms with Gasteiger partial charge in [0.1, 0.15) is 0 Å². The van der Waals surface area contributed by atoms with Crippen molar-refractivity contribution >= 4 is 0 Å². The minimum absolute atomic E-state index is 0.600. The average molecular weight is 235 g/mol. The molecule has 0 aliphatic carbocycles. The fourth-order valence-electron chi connectivity index (χ4n) is 2.99. The Morgan fingerprint density at radius 1 is 1.47 bits per heavy atom. The molecular formula is C16H29N. The van der Waals surface area contributed by atoms with Gasteiger partial charge in [0.2, 0.25) is 0 Å². The molecule has 1 rings (SSSR count). The molecule has 1 fully saturated rings. The second-order valence-corrected chi connectivity index (χ2v) is 5.98. The van der Waals surface area contributed by atoms with Crippen LogP contribution in [0.1, 0.15) is 54.4 Å². The third-order valence-electron chi connectivity index (χ3n) is 4.24. The predicted octanol–water partition coefficient (Wildman–Crippen LogP) is 4.82. The van der Waals surface area contributed by atoms with Gasteiger partial charge < -0.3 is 4.90 Å². The highest BCUT2D eigenvalue weighted by Gasteiger charge is 2.35. The second kappa shape index (κ2) is 5.75. The number of hydrogen-bond acceptors (Lipinski definition) is 1. The quantitative estimate of drug-likeness (QED) is 0.675. The first-order valence-electron chi connectivity index (χ1n) is 7.03. The summed E-state index contributed by atoms with van der Waals surface area (Å²) < 4.78 is 0. The summed E-state index contributed by atoms with van der Waals surface area (Å²) in [5, 5.41) is 0. The van der Waals surface area contributed by atoms with Gasteiger partial charge in [-0.3, -0.25) is 0 Å². The van der Waals surface area contributed by atoms with Crippen LogP contribution < -0.4 is 0 Å². The first kappa shape index (κ1) is 14.3. The Morgan fingerprint density at radius 2 is 2.06 bits per heavy atom. The van der Waals surface area contributed by atoms with Crippen LogP contribution in [0.25, 0.3) is 0 Å². The van der Waals surface area contributed by atoms with Crippen molar-refractivity contribution in [3.05, 3.63) is 24.0 Å². The first-order chi connectivity index (χ1) is 7.88. The lowest BCUT2D eigenvalue weighted by atomic mass is 9.89. The summed E-state index contributed by atoms with van der Waals surface area (Å²) in [6, 6.07) is 0.600. The zero-order valence-electron chi connectivity index (χ0n) is 12.5. The SMILES string of the molecule is C=C1CC(C(C)C)C(C)N1/C(C)=C/C(C)CC. The third kappa shape index (κ3) is 3.14. The number of rotatable bonds is 4. The molecule has 3 atom stereocenters. The summed E-state index contributed by atoms with van der Waals surface area (Å²) in [6.07, 6.45) is 4.76. The molecule has 0 bridgehead atoms. The number of allylic oxidation sites excluding steroid dienone is 3.